The third-order valence-electron chi connectivity index (χ3n) is 3.66. The van der Waals surface area contributed by atoms with Crippen LogP contribution >= 0.6 is 11.8 Å². The Kier molecular flexibility index (Phi) is 4.65. The van der Waals surface area contributed by atoms with Crippen molar-refractivity contribution in [2.75, 3.05) is 16.8 Å². The zero-order valence-corrected chi connectivity index (χ0v) is 14.5. The lowest BCUT2D eigenvalue weighted by Crippen LogP contribution is -2.45. The molecule has 0 spiro atoms. The summed E-state index contributed by atoms with van der Waals surface area (Å²) in [5.74, 6) is -0.390. The zero-order chi connectivity index (χ0) is 19.1. The van der Waals surface area contributed by atoms with Crippen molar-refractivity contribution in [1.82, 2.24) is 15.2 Å². The van der Waals surface area contributed by atoms with Gasteiger partial charge in [0.1, 0.15) is 12.4 Å². The van der Waals surface area contributed by atoms with Crippen LogP contribution in [-0.2, 0) is 15.8 Å². The van der Waals surface area contributed by atoms with E-state index in [1.165, 1.54) is 11.0 Å². The molecule has 0 aliphatic carbocycles. The summed E-state index contributed by atoms with van der Waals surface area (Å²) >= 11 is 1.09. The standard InChI is InChI=1S/C15H14F3N5O2S/c1-7(26-14-19-8(2)21-22-14)13(25)23-6-12(24)20-10-5-9(15(16,17)18)3-4-11(10)23/h3-5,7H,6H2,1-2H3,(H,20,24)(H,19,21,22). The minimum absolute atomic E-state index is 0.0460. The molecule has 1 aromatic heterocycles. The number of nitrogens with one attached hydrogen (secondary N) is 2. The molecule has 1 aliphatic heterocycles. The van der Waals surface area contributed by atoms with Crippen molar-refractivity contribution in [3.05, 3.63) is 29.6 Å². The Balaban J connectivity index is 1.86. The highest BCUT2D eigenvalue weighted by Gasteiger charge is 2.35. The number of aromatic amines is 1. The number of fused-ring (bicyclic) bond motifs is 1. The summed E-state index contributed by atoms with van der Waals surface area (Å²) in [6.07, 6.45) is -4.54. The Hall–Kier alpha value is -2.56. The van der Waals surface area contributed by atoms with Gasteiger partial charge in [-0.05, 0) is 32.0 Å². The Labute approximate surface area is 150 Å². The third-order valence-corrected chi connectivity index (χ3v) is 4.61. The van der Waals surface area contributed by atoms with Crippen LogP contribution in [0, 0.1) is 6.92 Å². The van der Waals surface area contributed by atoms with Crippen LogP contribution in [0.5, 0.6) is 0 Å². The number of anilines is 2. The first-order valence-electron chi connectivity index (χ1n) is 7.53. The molecule has 1 unspecified atom stereocenters. The number of nitrogens with zero attached hydrogens (tertiary/aromatic N) is 3. The van der Waals surface area contributed by atoms with Gasteiger partial charge < -0.3 is 5.32 Å². The summed E-state index contributed by atoms with van der Waals surface area (Å²) in [5.41, 5.74) is -0.721. The lowest BCUT2D eigenvalue weighted by molar-refractivity contribution is -0.137. The van der Waals surface area contributed by atoms with Gasteiger partial charge in [0, 0.05) is 0 Å². The molecule has 0 fully saturated rings. The molecule has 7 nitrogen and oxygen atoms in total. The van der Waals surface area contributed by atoms with E-state index in [-0.39, 0.29) is 17.9 Å². The number of carbonyl (C=O) groups is 2. The number of aromatic nitrogens is 3. The van der Waals surface area contributed by atoms with Crippen LogP contribution in [0.1, 0.15) is 18.3 Å². The molecule has 2 aromatic rings. The molecule has 1 atom stereocenters. The number of benzene rings is 1. The van der Waals surface area contributed by atoms with E-state index < -0.39 is 28.8 Å². The fourth-order valence-corrected chi connectivity index (χ4v) is 3.30. The Bertz CT molecular complexity index is 867. The minimum atomic E-state index is -4.54. The molecule has 0 radical (unpaired) electrons. The van der Waals surface area contributed by atoms with Gasteiger partial charge >= 0.3 is 6.18 Å². The second kappa shape index (κ2) is 6.63. The highest BCUT2D eigenvalue weighted by molar-refractivity contribution is 8.00. The maximum absolute atomic E-state index is 12.9. The molecule has 2 N–H and O–H groups in total. The first kappa shape index (κ1) is 18.2. The molecule has 0 bridgehead atoms. The van der Waals surface area contributed by atoms with Gasteiger partial charge in [0.25, 0.3) is 0 Å². The van der Waals surface area contributed by atoms with Gasteiger partial charge in [-0.1, -0.05) is 11.8 Å². The number of rotatable bonds is 3. The summed E-state index contributed by atoms with van der Waals surface area (Å²) in [7, 11) is 0. The van der Waals surface area contributed by atoms with Gasteiger partial charge in [0.2, 0.25) is 17.0 Å². The number of amides is 2. The van der Waals surface area contributed by atoms with Gasteiger partial charge in [-0.15, -0.1) is 5.10 Å². The number of aryl methyl sites for hydroxylation is 1. The molecule has 138 valence electrons. The SMILES string of the molecule is Cc1nc(SC(C)C(=O)N2CC(=O)Nc3cc(C(F)(F)F)ccc32)n[nH]1. The Morgan fingerprint density at radius 3 is 2.73 bits per heavy atom. The molecule has 1 aliphatic rings. The molecule has 1 aromatic carbocycles. The van der Waals surface area contributed by atoms with Gasteiger partial charge in [0.15, 0.2) is 0 Å². The molecule has 0 saturated heterocycles. The summed E-state index contributed by atoms with van der Waals surface area (Å²) in [6.45, 7) is 3.07. The summed E-state index contributed by atoms with van der Waals surface area (Å²) in [5, 5.41) is 8.71. The molecular formula is C15H14F3N5O2S. The predicted octanol–water partition coefficient (Wildman–Crippen LogP) is 2.60. The van der Waals surface area contributed by atoms with E-state index in [0.717, 1.165) is 23.9 Å². The normalized spacial score (nSPS) is 15.4. The van der Waals surface area contributed by atoms with Crippen LogP contribution in [0.25, 0.3) is 0 Å². The average Bonchev–Trinajstić information content (AvgIpc) is 2.96. The second-order valence-corrected chi connectivity index (χ2v) is 6.97. The van der Waals surface area contributed by atoms with Crippen molar-refractivity contribution >= 4 is 35.0 Å². The number of carbonyl (C=O) groups excluding carboxylic acids is 2. The molecule has 3 rings (SSSR count). The molecule has 26 heavy (non-hydrogen) atoms. The lowest BCUT2D eigenvalue weighted by Gasteiger charge is -2.31. The molecule has 11 heteroatoms. The van der Waals surface area contributed by atoms with E-state index in [4.69, 9.17) is 0 Å². The predicted molar refractivity (Wildman–Crippen MR) is 88.9 cm³/mol. The number of alkyl halides is 3. The van der Waals surface area contributed by atoms with Gasteiger partial charge in [-0.2, -0.15) is 13.2 Å². The Morgan fingerprint density at radius 1 is 1.38 bits per heavy atom. The number of halogens is 3. The van der Waals surface area contributed by atoms with E-state index in [0.29, 0.717) is 11.0 Å². The highest BCUT2D eigenvalue weighted by Crippen LogP contribution is 2.37. The molecule has 2 amide bonds. The molecule has 0 saturated carbocycles. The van der Waals surface area contributed by atoms with Gasteiger partial charge in [-0.25, -0.2) is 4.98 Å². The maximum Gasteiger partial charge on any atom is 0.416 e. The van der Waals surface area contributed by atoms with Crippen LogP contribution in [-0.4, -0.2) is 38.8 Å². The average molecular weight is 385 g/mol. The van der Waals surface area contributed by atoms with Crippen molar-refractivity contribution in [3.63, 3.8) is 0 Å². The van der Waals surface area contributed by atoms with Crippen LogP contribution in [0.2, 0.25) is 0 Å². The van der Waals surface area contributed by atoms with Crippen molar-refractivity contribution < 1.29 is 22.8 Å². The topological polar surface area (TPSA) is 91.0 Å². The fraction of sp³-hybridized carbons (Fsp3) is 0.333. The fourth-order valence-electron chi connectivity index (χ4n) is 2.47. The number of thioether (sulfide) groups is 1. The van der Waals surface area contributed by atoms with Crippen molar-refractivity contribution in [3.8, 4) is 0 Å². The van der Waals surface area contributed by atoms with Crippen LogP contribution in [0.15, 0.2) is 23.4 Å². The van der Waals surface area contributed by atoms with Gasteiger partial charge in [-0.3, -0.25) is 19.6 Å². The largest absolute Gasteiger partial charge is 0.416 e. The number of H-pyrrole nitrogens is 1. The van der Waals surface area contributed by atoms with E-state index in [1.807, 2.05) is 0 Å². The van der Waals surface area contributed by atoms with Crippen LogP contribution in [0.4, 0.5) is 24.5 Å². The van der Waals surface area contributed by atoms with Crippen molar-refractivity contribution in [1.29, 1.82) is 0 Å². The zero-order valence-electron chi connectivity index (χ0n) is 13.7. The monoisotopic (exact) mass is 385 g/mol. The minimum Gasteiger partial charge on any atom is -0.323 e. The lowest BCUT2D eigenvalue weighted by atomic mass is 10.1. The number of hydrogen-bond donors (Lipinski definition) is 2. The summed E-state index contributed by atoms with van der Waals surface area (Å²) in [4.78, 5) is 29.9. The van der Waals surface area contributed by atoms with Crippen molar-refractivity contribution in [2.24, 2.45) is 0 Å². The molecular weight excluding hydrogens is 371 g/mol. The number of hydrogen-bond acceptors (Lipinski definition) is 5. The quantitative estimate of drug-likeness (QED) is 0.793. The second-order valence-electron chi connectivity index (χ2n) is 5.67. The highest BCUT2D eigenvalue weighted by atomic mass is 32.2. The van der Waals surface area contributed by atoms with Gasteiger partial charge in [0.05, 0.1) is 22.2 Å². The van der Waals surface area contributed by atoms with E-state index in [2.05, 4.69) is 20.5 Å². The maximum atomic E-state index is 12.9. The first-order chi connectivity index (χ1) is 12.1. The van der Waals surface area contributed by atoms with Crippen LogP contribution in [0.3, 0.4) is 0 Å². The van der Waals surface area contributed by atoms with E-state index >= 15 is 0 Å². The third kappa shape index (κ3) is 3.66. The smallest absolute Gasteiger partial charge is 0.323 e. The summed E-state index contributed by atoms with van der Waals surface area (Å²) < 4.78 is 38.6. The van der Waals surface area contributed by atoms with E-state index in [9.17, 15) is 22.8 Å². The van der Waals surface area contributed by atoms with Crippen LogP contribution < -0.4 is 10.2 Å². The summed E-state index contributed by atoms with van der Waals surface area (Å²) in [6, 6.07) is 2.89. The Morgan fingerprint density at radius 2 is 2.12 bits per heavy atom. The van der Waals surface area contributed by atoms with E-state index in [1.54, 1.807) is 13.8 Å². The first-order valence-corrected chi connectivity index (χ1v) is 8.41. The molecule has 2 heterocycles. The van der Waals surface area contributed by atoms with Crippen molar-refractivity contribution in [2.45, 2.75) is 30.4 Å².